The highest BCUT2D eigenvalue weighted by Crippen LogP contribution is 2.38. The summed E-state index contributed by atoms with van der Waals surface area (Å²) in [5, 5.41) is 1.48. The molecule has 3 rings (SSSR count). The van der Waals surface area contributed by atoms with Gasteiger partial charge in [0, 0.05) is 55.9 Å². The molecule has 0 atom stereocenters. The van der Waals surface area contributed by atoms with Gasteiger partial charge < -0.3 is 24.0 Å². The van der Waals surface area contributed by atoms with Crippen LogP contribution >= 0.6 is 37.2 Å². The molecule has 41 heavy (non-hydrogen) atoms. The number of benzene rings is 2. The zero-order valence-electron chi connectivity index (χ0n) is 24.3. The minimum Gasteiger partial charge on any atom is -0.493 e. The van der Waals surface area contributed by atoms with Crippen molar-refractivity contribution in [3.8, 4) is 17.2 Å². The van der Waals surface area contributed by atoms with Gasteiger partial charge in [0.05, 0.1) is 26.2 Å². The Bertz CT molecular complexity index is 1330. The maximum Gasteiger partial charge on any atom is 0.243 e. The van der Waals surface area contributed by atoms with Crippen molar-refractivity contribution >= 4 is 64.1 Å². The number of sulfonamides is 1. The van der Waals surface area contributed by atoms with Crippen molar-refractivity contribution in [3.63, 3.8) is 0 Å². The summed E-state index contributed by atoms with van der Waals surface area (Å²) in [5.74, 6) is 1.72. The summed E-state index contributed by atoms with van der Waals surface area (Å²) >= 11 is 0. The van der Waals surface area contributed by atoms with E-state index in [1.54, 1.807) is 56.2 Å². The third-order valence-electron chi connectivity index (χ3n) is 6.20. The van der Waals surface area contributed by atoms with E-state index in [0.29, 0.717) is 60.3 Å². The van der Waals surface area contributed by atoms with Gasteiger partial charge in [0.2, 0.25) is 15.8 Å². The van der Waals surface area contributed by atoms with E-state index in [0.717, 1.165) is 10.9 Å². The molecule has 0 spiro atoms. The molecule has 2 aromatic carbocycles. The van der Waals surface area contributed by atoms with Crippen LogP contribution in [0.25, 0.3) is 16.8 Å². The van der Waals surface area contributed by atoms with Crippen molar-refractivity contribution < 1.29 is 22.6 Å². The average Bonchev–Trinajstić information content (AvgIpc) is 2.91. The molecule has 0 radical (unpaired) electrons. The van der Waals surface area contributed by atoms with Crippen LogP contribution in [0.15, 0.2) is 59.8 Å². The topological polar surface area (TPSA) is 84.4 Å². The summed E-state index contributed by atoms with van der Waals surface area (Å²) in [6, 6.07) is 10.8. The van der Waals surface area contributed by atoms with E-state index < -0.39 is 10.0 Å². The number of hydrogen-bond donors (Lipinski definition) is 0. The van der Waals surface area contributed by atoms with Crippen LogP contribution in [0.4, 0.5) is 0 Å². The van der Waals surface area contributed by atoms with Gasteiger partial charge in [0.1, 0.15) is 0 Å². The normalized spacial score (nSPS) is 11.3. The second-order valence-electron chi connectivity index (χ2n) is 9.18. The summed E-state index contributed by atoms with van der Waals surface area (Å²) in [5.41, 5.74) is 0.911. The molecule has 0 aliphatic heterocycles. The number of ether oxygens (including phenoxy) is 3. The third kappa shape index (κ3) is 10.2. The second-order valence-corrected chi connectivity index (χ2v) is 11.1. The number of hydrogen-bond acceptors (Lipinski definition) is 8. The molecule has 13 heteroatoms. The standard InChI is InChI=1S/C28H38N4O5S.3ClH/c1-30(2)15-17-32(38(33,34)27-11-7-10-23-21-29-13-12-24(23)27)18-16-31(3)14-8-9-22-19-25(35-4)28(37-6)26(20-22)36-5;;;/h7-13,19-21H,14-18H2,1-6H3;3*1H. The lowest BCUT2D eigenvalue weighted by Gasteiger charge is -2.26. The van der Waals surface area contributed by atoms with E-state index in [1.807, 2.05) is 56.4 Å². The van der Waals surface area contributed by atoms with Crippen LogP contribution in [-0.4, -0.2) is 103 Å². The van der Waals surface area contributed by atoms with Gasteiger partial charge in [-0.25, -0.2) is 8.42 Å². The van der Waals surface area contributed by atoms with Gasteiger partial charge in [-0.3, -0.25) is 4.98 Å². The van der Waals surface area contributed by atoms with Crippen LogP contribution in [0.3, 0.4) is 0 Å². The summed E-state index contributed by atoms with van der Waals surface area (Å²) in [6.45, 7) is 2.59. The largest absolute Gasteiger partial charge is 0.493 e. The summed E-state index contributed by atoms with van der Waals surface area (Å²) in [7, 11) is 6.89. The van der Waals surface area contributed by atoms with Crippen LogP contribution in [-0.2, 0) is 10.0 Å². The number of nitrogens with zero attached hydrogens (tertiary/aromatic N) is 4. The molecule has 0 aliphatic rings. The van der Waals surface area contributed by atoms with Crippen LogP contribution in [0.5, 0.6) is 17.2 Å². The fourth-order valence-electron chi connectivity index (χ4n) is 4.06. The van der Waals surface area contributed by atoms with E-state index in [9.17, 15) is 8.42 Å². The fraction of sp³-hybridized carbons (Fsp3) is 0.393. The number of fused-ring (bicyclic) bond motifs is 1. The van der Waals surface area contributed by atoms with Crippen molar-refractivity contribution in [1.29, 1.82) is 0 Å². The maximum atomic E-state index is 13.8. The molecule has 0 amide bonds. The van der Waals surface area contributed by atoms with E-state index in [4.69, 9.17) is 14.2 Å². The van der Waals surface area contributed by atoms with Gasteiger partial charge in [-0.15, -0.1) is 37.2 Å². The SMILES string of the molecule is COc1cc(C=CCN(C)CCN(CCN(C)C)S(=O)(=O)c2cccc3cnccc23)cc(OC)c1OC.Cl.Cl.Cl. The summed E-state index contributed by atoms with van der Waals surface area (Å²) in [6.07, 6.45) is 7.31. The molecule has 230 valence electrons. The minimum atomic E-state index is -3.71. The summed E-state index contributed by atoms with van der Waals surface area (Å²) in [4.78, 5) is 8.50. The first-order valence-electron chi connectivity index (χ1n) is 12.3. The fourth-order valence-corrected chi connectivity index (χ4v) is 5.70. The van der Waals surface area contributed by atoms with Crippen molar-refractivity contribution in [1.82, 2.24) is 19.1 Å². The highest BCUT2D eigenvalue weighted by Gasteiger charge is 2.26. The Morgan fingerprint density at radius 3 is 2.07 bits per heavy atom. The van der Waals surface area contributed by atoms with Gasteiger partial charge in [-0.2, -0.15) is 4.31 Å². The van der Waals surface area contributed by atoms with Crippen LogP contribution in [0, 0.1) is 0 Å². The van der Waals surface area contributed by atoms with E-state index in [1.165, 1.54) is 0 Å². The Morgan fingerprint density at radius 2 is 1.49 bits per heavy atom. The molecular weight excluding hydrogens is 611 g/mol. The van der Waals surface area contributed by atoms with E-state index in [2.05, 4.69) is 9.88 Å². The number of aromatic nitrogens is 1. The average molecular weight is 652 g/mol. The number of pyridine rings is 1. The van der Waals surface area contributed by atoms with Gasteiger partial charge in [-0.1, -0.05) is 24.3 Å². The Morgan fingerprint density at radius 1 is 0.854 bits per heavy atom. The number of likely N-dealkylation sites (N-methyl/N-ethyl adjacent to an activating group) is 2. The molecule has 1 heterocycles. The first-order chi connectivity index (χ1) is 18.2. The quantitative estimate of drug-likeness (QED) is 0.248. The molecule has 9 nitrogen and oxygen atoms in total. The molecule has 0 fully saturated rings. The minimum absolute atomic E-state index is 0. The molecular formula is C28H41Cl3N4O5S. The summed E-state index contributed by atoms with van der Waals surface area (Å²) < 4.78 is 45.3. The maximum absolute atomic E-state index is 13.8. The highest BCUT2D eigenvalue weighted by atomic mass is 35.5. The molecule has 0 saturated carbocycles. The molecule has 0 saturated heterocycles. The Hall–Kier alpha value is -2.31. The Balaban J connectivity index is 0.00000533. The van der Waals surface area contributed by atoms with Crippen LogP contribution in [0.1, 0.15) is 5.56 Å². The van der Waals surface area contributed by atoms with Gasteiger partial charge in [0.25, 0.3) is 0 Å². The zero-order chi connectivity index (χ0) is 27.7. The molecule has 3 aromatic rings. The number of methoxy groups -OCH3 is 3. The number of rotatable bonds is 14. The highest BCUT2D eigenvalue weighted by molar-refractivity contribution is 7.89. The Kier molecular flexibility index (Phi) is 17.2. The van der Waals surface area contributed by atoms with Gasteiger partial charge in [0.15, 0.2) is 11.5 Å². The monoisotopic (exact) mass is 650 g/mol. The molecule has 0 bridgehead atoms. The van der Waals surface area contributed by atoms with Gasteiger partial charge in [-0.05, 0) is 51.0 Å². The predicted molar refractivity (Wildman–Crippen MR) is 173 cm³/mol. The molecule has 1 aromatic heterocycles. The third-order valence-corrected chi connectivity index (χ3v) is 8.16. The molecule has 0 unspecified atom stereocenters. The second kappa shape index (κ2) is 18.3. The van der Waals surface area contributed by atoms with Crippen molar-refractivity contribution in [3.05, 3.63) is 60.4 Å². The zero-order valence-corrected chi connectivity index (χ0v) is 27.5. The van der Waals surface area contributed by atoms with E-state index in [-0.39, 0.29) is 37.2 Å². The van der Waals surface area contributed by atoms with Crippen LogP contribution < -0.4 is 14.2 Å². The lowest BCUT2D eigenvalue weighted by atomic mass is 10.1. The molecule has 0 aliphatic carbocycles. The Labute approximate surface area is 262 Å². The van der Waals surface area contributed by atoms with E-state index >= 15 is 0 Å². The van der Waals surface area contributed by atoms with Crippen LogP contribution in [0.2, 0.25) is 0 Å². The first kappa shape index (κ1) is 38.7. The molecule has 0 N–H and O–H groups in total. The lowest BCUT2D eigenvalue weighted by Crippen LogP contribution is -2.41. The van der Waals surface area contributed by atoms with Crippen molar-refractivity contribution in [2.45, 2.75) is 4.90 Å². The number of halogens is 3. The van der Waals surface area contributed by atoms with Crippen molar-refractivity contribution in [2.24, 2.45) is 0 Å². The van der Waals surface area contributed by atoms with Crippen molar-refractivity contribution in [2.75, 3.05) is 75.2 Å². The first-order valence-corrected chi connectivity index (χ1v) is 13.8. The smallest absolute Gasteiger partial charge is 0.243 e. The lowest BCUT2D eigenvalue weighted by molar-refractivity contribution is 0.290. The van der Waals surface area contributed by atoms with Gasteiger partial charge >= 0.3 is 0 Å². The predicted octanol–water partition coefficient (Wildman–Crippen LogP) is 4.72.